The number of carbonyl (C=O) groups excluding carboxylic acids is 1. The Hall–Kier alpha value is -1.69. The monoisotopic (exact) mass is 264 g/mol. The number of nitrogens with zero attached hydrogens (tertiary/aromatic N) is 2. The number of rotatable bonds is 4. The third-order valence-corrected chi connectivity index (χ3v) is 3.49. The first-order valence-corrected chi connectivity index (χ1v) is 6.68. The van der Waals surface area contributed by atoms with Crippen LogP contribution in [0.3, 0.4) is 0 Å². The van der Waals surface area contributed by atoms with Crippen LogP contribution in [0.2, 0.25) is 0 Å². The van der Waals surface area contributed by atoms with Crippen molar-refractivity contribution in [1.82, 2.24) is 20.5 Å². The van der Waals surface area contributed by atoms with Gasteiger partial charge in [-0.1, -0.05) is 13.8 Å². The van der Waals surface area contributed by atoms with Crippen molar-refractivity contribution in [3.05, 3.63) is 33.5 Å². The maximum atomic E-state index is 11.8. The second kappa shape index (κ2) is 5.30. The number of hydrogen-bond donors (Lipinski definition) is 2. The molecule has 0 aromatic carbocycles. The van der Waals surface area contributed by atoms with Gasteiger partial charge in [-0.05, 0) is 18.9 Å². The number of thiazole rings is 1. The zero-order chi connectivity index (χ0) is 13.1. The van der Waals surface area contributed by atoms with Gasteiger partial charge >= 0.3 is 0 Å². The minimum atomic E-state index is -0.175. The quantitative estimate of drug-likeness (QED) is 0.889. The number of aromatic amines is 1. The number of carbonyl (C=O) groups is 1. The molecular weight excluding hydrogens is 248 g/mol. The predicted molar refractivity (Wildman–Crippen MR) is 70.7 cm³/mol. The van der Waals surface area contributed by atoms with Gasteiger partial charge < -0.3 is 5.32 Å². The first-order chi connectivity index (χ1) is 8.56. The standard InChI is InChI=1S/C12H16N4OS/c1-7(2)9-4-10(16-15-9)12(17)13-5-11-14-8(3)6-18-11/h4,6-7H,5H2,1-3H3,(H,13,17)(H,15,16). The Morgan fingerprint density at radius 1 is 1.56 bits per heavy atom. The van der Waals surface area contributed by atoms with Gasteiger partial charge in [0, 0.05) is 16.8 Å². The van der Waals surface area contributed by atoms with E-state index in [2.05, 4.69) is 20.5 Å². The number of amides is 1. The molecule has 0 radical (unpaired) electrons. The molecule has 96 valence electrons. The lowest BCUT2D eigenvalue weighted by molar-refractivity contribution is 0.0946. The van der Waals surface area contributed by atoms with Crippen LogP contribution in [0.4, 0.5) is 0 Å². The van der Waals surface area contributed by atoms with Crippen molar-refractivity contribution in [2.24, 2.45) is 0 Å². The first kappa shape index (κ1) is 12.8. The van der Waals surface area contributed by atoms with E-state index in [4.69, 9.17) is 0 Å². The van der Waals surface area contributed by atoms with Gasteiger partial charge in [0.05, 0.1) is 6.54 Å². The number of aryl methyl sites for hydroxylation is 1. The average molecular weight is 264 g/mol. The Balaban J connectivity index is 1.95. The minimum absolute atomic E-state index is 0.175. The molecule has 0 atom stereocenters. The topological polar surface area (TPSA) is 70.7 Å². The summed E-state index contributed by atoms with van der Waals surface area (Å²) >= 11 is 1.54. The van der Waals surface area contributed by atoms with E-state index >= 15 is 0 Å². The van der Waals surface area contributed by atoms with Gasteiger partial charge in [-0.15, -0.1) is 11.3 Å². The fraction of sp³-hybridized carbons (Fsp3) is 0.417. The van der Waals surface area contributed by atoms with Crippen molar-refractivity contribution in [3.63, 3.8) is 0 Å². The van der Waals surface area contributed by atoms with E-state index < -0.39 is 0 Å². The van der Waals surface area contributed by atoms with Crippen LogP contribution in [0.25, 0.3) is 0 Å². The Morgan fingerprint density at radius 2 is 2.33 bits per heavy atom. The van der Waals surface area contributed by atoms with Crippen LogP contribution >= 0.6 is 11.3 Å². The molecule has 0 fully saturated rings. The summed E-state index contributed by atoms with van der Waals surface area (Å²) < 4.78 is 0. The van der Waals surface area contributed by atoms with Crippen LogP contribution < -0.4 is 5.32 Å². The highest BCUT2D eigenvalue weighted by Gasteiger charge is 2.12. The molecule has 0 aliphatic heterocycles. The molecule has 1 amide bonds. The Kier molecular flexibility index (Phi) is 3.76. The Labute approximate surface area is 110 Å². The maximum Gasteiger partial charge on any atom is 0.272 e. The highest BCUT2D eigenvalue weighted by Crippen LogP contribution is 2.12. The minimum Gasteiger partial charge on any atom is -0.344 e. The Bertz CT molecular complexity index is 544. The third-order valence-electron chi connectivity index (χ3n) is 2.52. The summed E-state index contributed by atoms with van der Waals surface area (Å²) in [6.07, 6.45) is 0. The maximum absolute atomic E-state index is 11.8. The summed E-state index contributed by atoms with van der Waals surface area (Å²) in [5, 5.41) is 12.5. The van der Waals surface area contributed by atoms with E-state index in [1.54, 1.807) is 17.4 Å². The fourth-order valence-electron chi connectivity index (χ4n) is 1.48. The Morgan fingerprint density at radius 3 is 2.89 bits per heavy atom. The van der Waals surface area contributed by atoms with Gasteiger partial charge in [0.1, 0.15) is 10.7 Å². The molecule has 2 heterocycles. The molecule has 2 N–H and O–H groups in total. The zero-order valence-corrected chi connectivity index (χ0v) is 11.5. The van der Waals surface area contributed by atoms with Gasteiger partial charge in [-0.3, -0.25) is 9.89 Å². The van der Waals surface area contributed by atoms with E-state index in [0.717, 1.165) is 16.4 Å². The summed E-state index contributed by atoms with van der Waals surface area (Å²) in [6, 6.07) is 1.78. The molecule has 0 bridgehead atoms. The summed E-state index contributed by atoms with van der Waals surface area (Å²) in [4.78, 5) is 16.1. The number of H-pyrrole nitrogens is 1. The molecular formula is C12H16N4OS. The van der Waals surface area contributed by atoms with E-state index in [1.165, 1.54) is 0 Å². The number of hydrogen-bond acceptors (Lipinski definition) is 4. The van der Waals surface area contributed by atoms with Crippen LogP contribution in [0.1, 0.15) is 46.6 Å². The van der Waals surface area contributed by atoms with Gasteiger partial charge in [-0.2, -0.15) is 5.10 Å². The summed E-state index contributed by atoms with van der Waals surface area (Å²) in [5.41, 5.74) is 2.36. The lowest BCUT2D eigenvalue weighted by atomic mass is 10.1. The van der Waals surface area contributed by atoms with Crippen LogP contribution in [-0.4, -0.2) is 21.1 Å². The molecule has 0 saturated heterocycles. The second-order valence-corrected chi connectivity index (χ2v) is 5.37. The van der Waals surface area contributed by atoms with E-state index in [0.29, 0.717) is 18.2 Å². The van der Waals surface area contributed by atoms with Crippen LogP contribution in [-0.2, 0) is 6.54 Å². The van der Waals surface area contributed by atoms with Crippen molar-refractivity contribution in [2.75, 3.05) is 0 Å². The molecule has 6 heteroatoms. The van der Waals surface area contributed by atoms with E-state index in [9.17, 15) is 4.79 Å². The van der Waals surface area contributed by atoms with Gasteiger partial charge in [0.2, 0.25) is 0 Å². The molecule has 2 aromatic heterocycles. The summed E-state index contributed by atoms with van der Waals surface area (Å²) in [5.74, 6) is 0.159. The van der Waals surface area contributed by atoms with E-state index in [1.807, 2.05) is 26.2 Å². The average Bonchev–Trinajstić information content (AvgIpc) is 2.94. The van der Waals surface area contributed by atoms with E-state index in [-0.39, 0.29) is 5.91 Å². The van der Waals surface area contributed by atoms with Crippen molar-refractivity contribution in [2.45, 2.75) is 33.2 Å². The normalized spacial score (nSPS) is 10.9. The number of nitrogens with one attached hydrogen (secondary N) is 2. The van der Waals surface area contributed by atoms with Gasteiger partial charge in [0.15, 0.2) is 0 Å². The molecule has 0 aliphatic carbocycles. The molecule has 0 aliphatic rings. The predicted octanol–water partition coefficient (Wildman–Crippen LogP) is 2.23. The van der Waals surface area contributed by atoms with Crippen molar-refractivity contribution in [1.29, 1.82) is 0 Å². The van der Waals surface area contributed by atoms with Crippen molar-refractivity contribution in [3.8, 4) is 0 Å². The third kappa shape index (κ3) is 2.95. The molecule has 0 unspecified atom stereocenters. The van der Waals surface area contributed by atoms with Crippen molar-refractivity contribution >= 4 is 17.2 Å². The smallest absolute Gasteiger partial charge is 0.272 e. The van der Waals surface area contributed by atoms with Crippen molar-refractivity contribution < 1.29 is 4.79 Å². The highest BCUT2D eigenvalue weighted by molar-refractivity contribution is 7.09. The largest absolute Gasteiger partial charge is 0.344 e. The van der Waals surface area contributed by atoms with Crippen LogP contribution in [0.15, 0.2) is 11.4 Å². The lowest BCUT2D eigenvalue weighted by Gasteiger charge is -1.99. The van der Waals surface area contributed by atoms with Gasteiger partial charge in [0.25, 0.3) is 5.91 Å². The fourth-order valence-corrected chi connectivity index (χ4v) is 2.19. The zero-order valence-electron chi connectivity index (χ0n) is 10.7. The molecule has 2 rings (SSSR count). The number of aromatic nitrogens is 3. The lowest BCUT2D eigenvalue weighted by Crippen LogP contribution is -2.23. The molecule has 5 nitrogen and oxygen atoms in total. The second-order valence-electron chi connectivity index (χ2n) is 4.43. The summed E-state index contributed by atoms with van der Waals surface area (Å²) in [6.45, 7) is 6.48. The van der Waals surface area contributed by atoms with Crippen LogP contribution in [0.5, 0.6) is 0 Å². The highest BCUT2D eigenvalue weighted by atomic mass is 32.1. The summed E-state index contributed by atoms with van der Waals surface area (Å²) in [7, 11) is 0. The molecule has 18 heavy (non-hydrogen) atoms. The SMILES string of the molecule is Cc1csc(CNC(=O)c2cc(C(C)C)[nH]n2)n1. The van der Waals surface area contributed by atoms with Crippen LogP contribution in [0, 0.1) is 6.92 Å². The first-order valence-electron chi connectivity index (χ1n) is 5.80. The molecule has 2 aromatic rings. The molecule has 0 spiro atoms. The van der Waals surface area contributed by atoms with Gasteiger partial charge in [-0.25, -0.2) is 4.98 Å². The molecule has 0 saturated carbocycles.